The van der Waals surface area contributed by atoms with Crippen molar-refractivity contribution in [2.75, 3.05) is 12.8 Å². The predicted molar refractivity (Wildman–Crippen MR) is 83.5 cm³/mol. The van der Waals surface area contributed by atoms with Crippen LogP contribution in [0.15, 0.2) is 54.7 Å². The van der Waals surface area contributed by atoms with Crippen LogP contribution in [0.1, 0.15) is 5.56 Å². The molecule has 2 aromatic carbocycles. The van der Waals surface area contributed by atoms with E-state index in [1.54, 1.807) is 13.3 Å². The highest BCUT2D eigenvalue weighted by Crippen LogP contribution is 2.30. The van der Waals surface area contributed by atoms with Crippen molar-refractivity contribution >= 4 is 16.6 Å². The van der Waals surface area contributed by atoms with Crippen molar-refractivity contribution in [3.8, 4) is 11.5 Å². The van der Waals surface area contributed by atoms with Gasteiger partial charge < -0.3 is 15.2 Å². The lowest BCUT2D eigenvalue weighted by Gasteiger charge is -2.11. The molecule has 0 aliphatic rings. The van der Waals surface area contributed by atoms with E-state index in [9.17, 15) is 0 Å². The van der Waals surface area contributed by atoms with Crippen molar-refractivity contribution < 1.29 is 9.47 Å². The lowest BCUT2D eigenvalue weighted by Crippen LogP contribution is -1.99. The first kappa shape index (κ1) is 13.2. The molecular formula is C17H16N2O2. The number of ether oxygens (including phenoxy) is 2. The average molecular weight is 280 g/mol. The number of fused-ring (bicyclic) bond motifs is 1. The van der Waals surface area contributed by atoms with Gasteiger partial charge in [-0.2, -0.15) is 0 Å². The molecule has 0 bridgehead atoms. The Kier molecular flexibility index (Phi) is 3.60. The maximum atomic E-state index is 6.14. The summed E-state index contributed by atoms with van der Waals surface area (Å²) < 4.78 is 10.9. The van der Waals surface area contributed by atoms with Crippen LogP contribution in [0.25, 0.3) is 10.9 Å². The number of methoxy groups -OCH3 is 1. The third kappa shape index (κ3) is 2.74. The van der Waals surface area contributed by atoms with E-state index in [0.717, 1.165) is 22.2 Å². The Bertz CT molecular complexity index is 754. The molecule has 3 rings (SSSR count). The topological polar surface area (TPSA) is 57.4 Å². The second-order valence-electron chi connectivity index (χ2n) is 4.68. The molecule has 0 fully saturated rings. The number of aromatic nitrogens is 1. The van der Waals surface area contributed by atoms with E-state index in [4.69, 9.17) is 15.2 Å². The zero-order valence-electron chi connectivity index (χ0n) is 11.7. The van der Waals surface area contributed by atoms with E-state index in [1.165, 1.54) is 0 Å². The number of hydrogen-bond acceptors (Lipinski definition) is 4. The number of rotatable bonds is 4. The monoisotopic (exact) mass is 280 g/mol. The number of nitrogen functional groups attached to an aromatic ring is 1. The third-order valence-electron chi connectivity index (χ3n) is 3.34. The van der Waals surface area contributed by atoms with Gasteiger partial charge in [-0.05, 0) is 42.0 Å². The first-order valence-electron chi connectivity index (χ1n) is 6.67. The summed E-state index contributed by atoms with van der Waals surface area (Å²) in [5, 5.41) is 0.907. The minimum Gasteiger partial charge on any atom is -0.497 e. The molecular weight excluding hydrogens is 264 g/mol. The van der Waals surface area contributed by atoms with Gasteiger partial charge in [-0.3, -0.25) is 4.98 Å². The summed E-state index contributed by atoms with van der Waals surface area (Å²) in [7, 11) is 1.65. The van der Waals surface area contributed by atoms with Gasteiger partial charge in [-0.15, -0.1) is 0 Å². The van der Waals surface area contributed by atoms with Crippen LogP contribution in [0.3, 0.4) is 0 Å². The van der Waals surface area contributed by atoms with Crippen molar-refractivity contribution in [3.63, 3.8) is 0 Å². The normalized spacial score (nSPS) is 10.5. The fourth-order valence-electron chi connectivity index (χ4n) is 2.16. The number of nitrogens with two attached hydrogens (primary N) is 1. The molecule has 4 heteroatoms. The Morgan fingerprint density at radius 3 is 2.62 bits per heavy atom. The molecule has 21 heavy (non-hydrogen) atoms. The highest BCUT2D eigenvalue weighted by Gasteiger charge is 2.06. The molecule has 1 aromatic heterocycles. The van der Waals surface area contributed by atoms with Gasteiger partial charge in [0.1, 0.15) is 18.1 Å². The standard InChI is InChI=1S/C17H16N2O2/c1-20-13-6-4-12(5-7-13)11-21-16-9-8-15-14(17(16)18)3-2-10-19-15/h2-10H,11,18H2,1H3. The smallest absolute Gasteiger partial charge is 0.143 e. The summed E-state index contributed by atoms with van der Waals surface area (Å²) in [5.41, 5.74) is 8.69. The lowest BCUT2D eigenvalue weighted by atomic mass is 10.1. The predicted octanol–water partition coefficient (Wildman–Crippen LogP) is 3.40. The molecule has 0 aliphatic heterocycles. The third-order valence-corrected chi connectivity index (χ3v) is 3.34. The Hall–Kier alpha value is -2.75. The van der Waals surface area contributed by atoms with Crippen molar-refractivity contribution in [2.24, 2.45) is 0 Å². The van der Waals surface area contributed by atoms with Gasteiger partial charge >= 0.3 is 0 Å². The van der Waals surface area contributed by atoms with Gasteiger partial charge in [-0.1, -0.05) is 12.1 Å². The number of hydrogen-bond donors (Lipinski definition) is 1. The van der Waals surface area contributed by atoms with Gasteiger partial charge in [0.05, 0.1) is 18.3 Å². The quantitative estimate of drug-likeness (QED) is 0.744. The molecule has 0 unspecified atom stereocenters. The Balaban J connectivity index is 1.79. The first-order valence-corrected chi connectivity index (χ1v) is 6.67. The fourth-order valence-corrected chi connectivity index (χ4v) is 2.16. The average Bonchev–Trinajstić information content (AvgIpc) is 2.55. The number of nitrogens with zero attached hydrogens (tertiary/aromatic N) is 1. The van der Waals surface area contributed by atoms with E-state index < -0.39 is 0 Å². The van der Waals surface area contributed by atoms with Gasteiger partial charge in [0, 0.05) is 11.6 Å². The van der Waals surface area contributed by atoms with Crippen LogP contribution in [-0.2, 0) is 6.61 Å². The second kappa shape index (κ2) is 5.71. The summed E-state index contributed by atoms with van der Waals surface area (Å²) in [6, 6.07) is 15.3. The molecule has 2 N–H and O–H groups in total. The first-order chi connectivity index (χ1) is 10.3. The summed E-state index contributed by atoms with van der Waals surface area (Å²) in [6.07, 6.45) is 1.75. The summed E-state index contributed by atoms with van der Waals surface area (Å²) in [5.74, 6) is 1.50. The molecule has 4 nitrogen and oxygen atoms in total. The highest BCUT2D eigenvalue weighted by molar-refractivity contribution is 5.93. The van der Waals surface area contributed by atoms with Crippen LogP contribution in [0.4, 0.5) is 5.69 Å². The van der Waals surface area contributed by atoms with Crippen molar-refractivity contribution in [1.29, 1.82) is 0 Å². The molecule has 0 saturated carbocycles. The number of pyridine rings is 1. The zero-order valence-corrected chi connectivity index (χ0v) is 11.7. The van der Waals surface area contributed by atoms with Crippen molar-refractivity contribution in [3.05, 3.63) is 60.3 Å². The van der Waals surface area contributed by atoms with Gasteiger partial charge in [-0.25, -0.2) is 0 Å². The molecule has 0 spiro atoms. The van der Waals surface area contributed by atoms with E-state index >= 15 is 0 Å². The number of benzene rings is 2. The Labute approximate surface area is 123 Å². The van der Waals surface area contributed by atoms with Crippen LogP contribution in [-0.4, -0.2) is 12.1 Å². The maximum absolute atomic E-state index is 6.14. The molecule has 3 aromatic rings. The van der Waals surface area contributed by atoms with E-state index in [0.29, 0.717) is 18.0 Å². The maximum Gasteiger partial charge on any atom is 0.143 e. The van der Waals surface area contributed by atoms with Crippen LogP contribution >= 0.6 is 0 Å². The Morgan fingerprint density at radius 1 is 1.05 bits per heavy atom. The van der Waals surface area contributed by atoms with Crippen molar-refractivity contribution in [2.45, 2.75) is 6.61 Å². The lowest BCUT2D eigenvalue weighted by molar-refractivity contribution is 0.308. The summed E-state index contributed by atoms with van der Waals surface area (Å²) in [6.45, 7) is 0.458. The molecule has 0 radical (unpaired) electrons. The van der Waals surface area contributed by atoms with E-state index in [1.807, 2.05) is 48.5 Å². The molecule has 0 aliphatic carbocycles. The van der Waals surface area contributed by atoms with Crippen LogP contribution in [0.5, 0.6) is 11.5 Å². The zero-order chi connectivity index (χ0) is 14.7. The van der Waals surface area contributed by atoms with Crippen LogP contribution < -0.4 is 15.2 Å². The fraction of sp³-hybridized carbons (Fsp3) is 0.118. The van der Waals surface area contributed by atoms with E-state index in [-0.39, 0.29) is 0 Å². The van der Waals surface area contributed by atoms with Gasteiger partial charge in [0.15, 0.2) is 0 Å². The van der Waals surface area contributed by atoms with E-state index in [2.05, 4.69) is 4.98 Å². The van der Waals surface area contributed by atoms with Gasteiger partial charge in [0.25, 0.3) is 0 Å². The molecule has 0 saturated heterocycles. The largest absolute Gasteiger partial charge is 0.497 e. The number of anilines is 1. The molecule has 0 atom stereocenters. The molecule has 1 heterocycles. The van der Waals surface area contributed by atoms with Crippen LogP contribution in [0.2, 0.25) is 0 Å². The second-order valence-corrected chi connectivity index (χ2v) is 4.68. The van der Waals surface area contributed by atoms with Gasteiger partial charge in [0.2, 0.25) is 0 Å². The minimum absolute atomic E-state index is 0.458. The molecule has 106 valence electrons. The molecule has 0 amide bonds. The highest BCUT2D eigenvalue weighted by atomic mass is 16.5. The minimum atomic E-state index is 0.458. The summed E-state index contributed by atoms with van der Waals surface area (Å²) in [4.78, 5) is 4.27. The SMILES string of the molecule is COc1ccc(COc2ccc3ncccc3c2N)cc1. The summed E-state index contributed by atoms with van der Waals surface area (Å²) >= 11 is 0. The van der Waals surface area contributed by atoms with Crippen LogP contribution in [0, 0.1) is 0 Å². The Morgan fingerprint density at radius 2 is 1.86 bits per heavy atom. The van der Waals surface area contributed by atoms with Crippen molar-refractivity contribution in [1.82, 2.24) is 4.98 Å².